The maximum absolute atomic E-state index is 12.6. The molecule has 0 radical (unpaired) electrons. The second-order valence-corrected chi connectivity index (χ2v) is 9.65. The van der Waals surface area contributed by atoms with Crippen molar-refractivity contribution in [2.75, 3.05) is 48.4 Å². The Morgan fingerprint density at radius 3 is 1.71 bits per heavy atom. The zero-order valence-corrected chi connectivity index (χ0v) is 22.0. The Kier molecular flexibility index (Phi) is 9.22. The summed E-state index contributed by atoms with van der Waals surface area (Å²) in [6.45, 7) is 2.57. The van der Waals surface area contributed by atoms with Crippen LogP contribution in [0.1, 0.15) is 49.1 Å². The third-order valence-electron chi connectivity index (χ3n) is 6.42. The van der Waals surface area contributed by atoms with E-state index >= 15 is 0 Å². The lowest BCUT2D eigenvalue weighted by atomic mass is 9.89. The molecule has 2 aromatic rings. The highest BCUT2D eigenvalue weighted by atomic mass is 32.2. The van der Waals surface area contributed by atoms with E-state index in [1.807, 2.05) is 31.2 Å². The van der Waals surface area contributed by atoms with Gasteiger partial charge in [-0.1, -0.05) is 6.92 Å². The van der Waals surface area contributed by atoms with Gasteiger partial charge < -0.3 is 33.0 Å². The minimum absolute atomic E-state index is 0.0898. The molecule has 0 saturated heterocycles. The first kappa shape index (κ1) is 26.3. The normalized spacial score (nSPS) is 20.6. The molecule has 2 unspecified atom stereocenters. The molecule has 1 fully saturated rings. The molecule has 0 heterocycles. The molecule has 1 aliphatic carbocycles. The first-order valence-corrected chi connectivity index (χ1v) is 13.0. The van der Waals surface area contributed by atoms with E-state index in [-0.39, 0.29) is 17.9 Å². The highest BCUT2D eigenvalue weighted by molar-refractivity contribution is 7.90. The van der Waals surface area contributed by atoms with E-state index in [9.17, 15) is 4.55 Å². The van der Waals surface area contributed by atoms with Gasteiger partial charge in [0.1, 0.15) is 6.26 Å². The molecule has 0 spiro atoms. The fourth-order valence-electron chi connectivity index (χ4n) is 4.85. The average Bonchev–Trinajstić information content (AvgIpc) is 3.29. The van der Waals surface area contributed by atoms with Crippen molar-refractivity contribution >= 4 is 11.2 Å². The van der Waals surface area contributed by atoms with Crippen molar-refractivity contribution in [2.24, 2.45) is 0 Å². The van der Waals surface area contributed by atoms with E-state index in [0.29, 0.717) is 40.2 Å². The third-order valence-corrected chi connectivity index (χ3v) is 7.34. The number of hydrogen-bond acceptors (Lipinski definition) is 7. The molecular formula is C26H36O7S. The zero-order chi connectivity index (χ0) is 24.8. The molecule has 0 bridgehead atoms. The van der Waals surface area contributed by atoms with Gasteiger partial charge in [0.25, 0.3) is 0 Å². The SMILES string of the molecule is CCCOc1c(OC)cc([C@@H]2CC[C@@H](c3cc(OC)c(OC)c(OC)c3)C2OC)cc1[S+](C)[O-]. The van der Waals surface area contributed by atoms with Crippen molar-refractivity contribution in [1.29, 1.82) is 0 Å². The summed E-state index contributed by atoms with van der Waals surface area (Å²) in [5.41, 5.74) is 2.10. The van der Waals surface area contributed by atoms with E-state index in [0.717, 1.165) is 30.4 Å². The lowest BCUT2D eigenvalue weighted by Gasteiger charge is -2.26. The Morgan fingerprint density at radius 2 is 1.29 bits per heavy atom. The summed E-state index contributed by atoms with van der Waals surface area (Å²) in [5, 5.41) is 0. The first-order valence-electron chi connectivity index (χ1n) is 11.4. The standard InChI is InChI=1S/C26H36O7S/c1-8-11-33-26-22(30-4)14-17(15-23(26)34(7)27)19-10-9-18(24(19)31-5)16-12-20(28-2)25(32-6)21(13-16)29-3/h12-15,18-19,24H,8-11H2,1-7H3/t18-,19-,24?,34?/m0/s1. The van der Waals surface area contributed by atoms with Crippen LogP contribution < -0.4 is 23.7 Å². The molecule has 2 aromatic carbocycles. The van der Waals surface area contributed by atoms with E-state index < -0.39 is 11.2 Å². The highest BCUT2D eigenvalue weighted by Crippen LogP contribution is 2.50. The quantitative estimate of drug-likeness (QED) is 0.412. The van der Waals surface area contributed by atoms with Crippen LogP contribution >= 0.6 is 0 Å². The van der Waals surface area contributed by atoms with Gasteiger partial charge in [-0.05, 0) is 59.8 Å². The Balaban J connectivity index is 2.01. The van der Waals surface area contributed by atoms with Gasteiger partial charge in [0.2, 0.25) is 11.5 Å². The molecule has 3 rings (SSSR count). The minimum Gasteiger partial charge on any atom is -0.612 e. The minimum atomic E-state index is -1.23. The summed E-state index contributed by atoms with van der Waals surface area (Å²) < 4.78 is 46.8. The molecule has 0 aliphatic heterocycles. The van der Waals surface area contributed by atoms with Crippen molar-refractivity contribution in [3.63, 3.8) is 0 Å². The van der Waals surface area contributed by atoms with Gasteiger partial charge in [-0.2, -0.15) is 0 Å². The maximum atomic E-state index is 12.6. The van der Waals surface area contributed by atoms with Crippen LogP contribution in [0, 0.1) is 0 Å². The Bertz CT molecular complexity index is 937. The molecule has 0 amide bonds. The zero-order valence-electron chi connectivity index (χ0n) is 21.1. The molecule has 188 valence electrons. The summed E-state index contributed by atoms with van der Waals surface area (Å²) in [6, 6.07) is 7.97. The number of rotatable bonds is 11. The van der Waals surface area contributed by atoms with E-state index in [4.69, 9.17) is 28.4 Å². The van der Waals surface area contributed by atoms with Crippen molar-refractivity contribution < 1.29 is 33.0 Å². The lowest BCUT2D eigenvalue weighted by molar-refractivity contribution is 0.0804. The fraction of sp³-hybridized carbons (Fsp3) is 0.538. The molecular weight excluding hydrogens is 456 g/mol. The summed E-state index contributed by atoms with van der Waals surface area (Å²) >= 11 is -1.23. The molecule has 1 saturated carbocycles. The predicted molar refractivity (Wildman–Crippen MR) is 133 cm³/mol. The Hall–Kier alpha value is -2.29. The van der Waals surface area contributed by atoms with Crippen LogP contribution in [0.25, 0.3) is 0 Å². The Morgan fingerprint density at radius 1 is 0.794 bits per heavy atom. The van der Waals surface area contributed by atoms with Gasteiger partial charge in [-0.15, -0.1) is 0 Å². The number of methoxy groups -OCH3 is 5. The molecule has 0 N–H and O–H groups in total. The molecule has 4 atom stereocenters. The van der Waals surface area contributed by atoms with Crippen LogP contribution in [0.2, 0.25) is 0 Å². The van der Waals surface area contributed by atoms with Crippen molar-refractivity contribution in [2.45, 2.75) is 49.0 Å². The Labute approximate surface area is 205 Å². The fourth-order valence-corrected chi connectivity index (χ4v) is 5.57. The van der Waals surface area contributed by atoms with E-state index in [1.165, 1.54) is 0 Å². The number of ether oxygens (including phenoxy) is 6. The first-order chi connectivity index (χ1) is 16.4. The lowest BCUT2D eigenvalue weighted by Crippen LogP contribution is -2.22. The highest BCUT2D eigenvalue weighted by Gasteiger charge is 2.40. The third kappa shape index (κ3) is 5.19. The van der Waals surface area contributed by atoms with Crippen LogP contribution in [-0.4, -0.2) is 59.1 Å². The largest absolute Gasteiger partial charge is 0.612 e. The van der Waals surface area contributed by atoms with Crippen LogP contribution in [-0.2, 0) is 15.9 Å². The van der Waals surface area contributed by atoms with E-state index in [1.54, 1.807) is 41.8 Å². The molecule has 1 aliphatic rings. The van der Waals surface area contributed by atoms with Gasteiger partial charge in [0.05, 0.1) is 41.2 Å². The molecule has 7 nitrogen and oxygen atoms in total. The summed E-state index contributed by atoms with van der Waals surface area (Å²) in [5.74, 6) is 3.20. The summed E-state index contributed by atoms with van der Waals surface area (Å²) in [6.07, 6.45) is 4.26. The van der Waals surface area contributed by atoms with E-state index in [2.05, 4.69) is 0 Å². The smallest absolute Gasteiger partial charge is 0.216 e. The molecule has 34 heavy (non-hydrogen) atoms. The molecule has 8 heteroatoms. The molecule has 0 aromatic heterocycles. The maximum Gasteiger partial charge on any atom is 0.216 e. The van der Waals surface area contributed by atoms with Crippen LogP contribution in [0.15, 0.2) is 29.2 Å². The van der Waals surface area contributed by atoms with Gasteiger partial charge in [0, 0.05) is 25.0 Å². The van der Waals surface area contributed by atoms with Gasteiger partial charge >= 0.3 is 0 Å². The van der Waals surface area contributed by atoms with Crippen molar-refractivity contribution in [3.05, 3.63) is 35.4 Å². The summed E-state index contributed by atoms with van der Waals surface area (Å²) in [7, 11) is 8.19. The van der Waals surface area contributed by atoms with Gasteiger partial charge in [-0.3, -0.25) is 0 Å². The van der Waals surface area contributed by atoms with Crippen LogP contribution in [0.3, 0.4) is 0 Å². The number of benzene rings is 2. The van der Waals surface area contributed by atoms with Gasteiger partial charge in [-0.25, -0.2) is 0 Å². The predicted octanol–water partition coefficient (Wildman–Crippen LogP) is 4.92. The topological polar surface area (TPSA) is 78.4 Å². The monoisotopic (exact) mass is 492 g/mol. The second-order valence-electron chi connectivity index (χ2n) is 8.30. The average molecular weight is 493 g/mol. The van der Waals surface area contributed by atoms with Crippen LogP contribution in [0.4, 0.5) is 0 Å². The number of hydrogen-bond donors (Lipinski definition) is 0. The summed E-state index contributed by atoms with van der Waals surface area (Å²) in [4.78, 5) is 0.647. The second kappa shape index (κ2) is 11.9. The van der Waals surface area contributed by atoms with Crippen LogP contribution in [0.5, 0.6) is 28.7 Å². The van der Waals surface area contributed by atoms with Crippen molar-refractivity contribution in [1.82, 2.24) is 0 Å². The van der Waals surface area contributed by atoms with Crippen molar-refractivity contribution in [3.8, 4) is 28.7 Å². The van der Waals surface area contributed by atoms with Gasteiger partial charge in [0.15, 0.2) is 22.1 Å².